The van der Waals surface area contributed by atoms with Crippen molar-refractivity contribution in [3.63, 3.8) is 0 Å². The highest BCUT2D eigenvalue weighted by Crippen LogP contribution is 2.20. The molecular formula is C9H9ClN2. The molecule has 0 aliphatic carbocycles. The van der Waals surface area contributed by atoms with Crippen molar-refractivity contribution in [1.82, 2.24) is 9.38 Å². The van der Waals surface area contributed by atoms with Crippen molar-refractivity contribution in [2.45, 2.75) is 13.8 Å². The van der Waals surface area contributed by atoms with Gasteiger partial charge in [-0.05, 0) is 25.5 Å². The van der Waals surface area contributed by atoms with Gasteiger partial charge in [0.15, 0.2) is 5.65 Å². The monoisotopic (exact) mass is 180 g/mol. The summed E-state index contributed by atoms with van der Waals surface area (Å²) in [5.41, 5.74) is 2.89. The first-order chi connectivity index (χ1) is 5.68. The van der Waals surface area contributed by atoms with Gasteiger partial charge in [0.25, 0.3) is 0 Å². The number of nitrogens with zero attached hydrogens (tertiary/aromatic N) is 2. The third-order valence-electron chi connectivity index (χ3n) is 1.88. The van der Waals surface area contributed by atoms with E-state index in [-0.39, 0.29) is 0 Å². The van der Waals surface area contributed by atoms with Crippen LogP contribution in [0.4, 0.5) is 0 Å². The molecule has 2 aromatic rings. The lowest BCUT2D eigenvalue weighted by atomic mass is 10.3. The molecule has 0 atom stereocenters. The molecule has 3 heteroatoms. The molecule has 0 fully saturated rings. The van der Waals surface area contributed by atoms with Crippen LogP contribution < -0.4 is 0 Å². The van der Waals surface area contributed by atoms with Crippen LogP contribution in [-0.2, 0) is 0 Å². The third kappa shape index (κ3) is 0.994. The second-order valence-corrected chi connectivity index (χ2v) is 3.30. The van der Waals surface area contributed by atoms with Crippen molar-refractivity contribution >= 4 is 17.2 Å². The second kappa shape index (κ2) is 2.49. The van der Waals surface area contributed by atoms with E-state index in [0.717, 1.165) is 21.9 Å². The Hall–Kier alpha value is -1.02. The maximum atomic E-state index is 6.06. The summed E-state index contributed by atoms with van der Waals surface area (Å²) < 4.78 is 1.94. The lowest BCUT2D eigenvalue weighted by Crippen LogP contribution is -1.85. The quantitative estimate of drug-likeness (QED) is 0.609. The number of aromatic nitrogens is 2. The van der Waals surface area contributed by atoms with Gasteiger partial charge in [-0.15, -0.1) is 0 Å². The highest BCUT2D eigenvalue weighted by Gasteiger charge is 2.03. The van der Waals surface area contributed by atoms with Gasteiger partial charge >= 0.3 is 0 Å². The molecule has 2 aromatic heterocycles. The lowest BCUT2D eigenvalue weighted by molar-refractivity contribution is 1.17. The Morgan fingerprint density at radius 2 is 2.17 bits per heavy atom. The van der Waals surface area contributed by atoms with Crippen LogP contribution >= 0.6 is 11.6 Å². The van der Waals surface area contributed by atoms with Crippen LogP contribution in [0.3, 0.4) is 0 Å². The SMILES string of the molecule is Cc1cn2ccc(C)c(Cl)c2n1. The zero-order chi connectivity index (χ0) is 8.72. The molecule has 2 nitrogen and oxygen atoms in total. The largest absolute Gasteiger partial charge is 0.306 e. The van der Waals surface area contributed by atoms with Gasteiger partial charge in [0.1, 0.15) is 0 Å². The molecule has 0 unspecified atom stereocenters. The normalized spacial score (nSPS) is 10.9. The molecule has 0 aliphatic rings. The van der Waals surface area contributed by atoms with E-state index in [2.05, 4.69) is 4.98 Å². The van der Waals surface area contributed by atoms with Crippen molar-refractivity contribution in [1.29, 1.82) is 0 Å². The fourth-order valence-electron chi connectivity index (χ4n) is 1.23. The molecule has 0 bridgehead atoms. The molecule has 62 valence electrons. The summed E-state index contributed by atoms with van der Waals surface area (Å²) in [6.07, 6.45) is 3.93. The zero-order valence-electron chi connectivity index (χ0n) is 7.00. The van der Waals surface area contributed by atoms with E-state index in [1.165, 1.54) is 0 Å². The highest BCUT2D eigenvalue weighted by atomic mass is 35.5. The number of aryl methyl sites for hydroxylation is 2. The summed E-state index contributed by atoms with van der Waals surface area (Å²) in [5.74, 6) is 0. The van der Waals surface area contributed by atoms with E-state index >= 15 is 0 Å². The predicted molar refractivity (Wildman–Crippen MR) is 49.7 cm³/mol. The van der Waals surface area contributed by atoms with Crippen molar-refractivity contribution in [3.05, 3.63) is 34.7 Å². The Bertz CT molecular complexity index is 431. The van der Waals surface area contributed by atoms with Crippen LogP contribution in [0, 0.1) is 13.8 Å². The van der Waals surface area contributed by atoms with Gasteiger partial charge in [0.2, 0.25) is 0 Å². The Labute approximate surface area is 75.8 Å². The smallest absolute Gasteiger partial charge is 0.156 e. The van der Waals surface area contributed by atoms with Gasteiger partial charge in [0.05, 0.1) is 10.7 Å². The molecular weight excluding hydrogens is 172 g/mol. The minimum Gasteiger partial charge on any atom is -0.306 e. The van der Waals surface area contributed by atoms with Crippen molar-refractivity contribution < 1.29 is 0 Å². The van der Waals surface area contributed by atoms with Crippen LogP contribution in [-0.4, -0.2) is 9.38 Å². The fraction of sp³-hybridized carbons (Fsp3) is 0.222. The molecule has 0 saturated heterocycles. The average molecular weight is 181 g/mol. The first kappa shape index (κ1) is 7.62. The van der Waals surface area contributed by atoms with Crippen LogP contribution in [0.25, 0.3) is 5.65 Å². The first-order valence-corrected chi connectivity index (χ1v) is 4.16. The molecule has 0 aliphatic heterocycles. The number of pyridine rings is 1. The second-order valence-electron chi connectivity index (χ2n) is 2.93. The van der Waals surface area contributed by atoms with Crippen molar-refractivity contribution in [2.75, 3.05) is 0 Å². The maximum absolute atomic E-state index is 6.06. The summed E-state index contributed by atoms with van der Waals surface area (Å²) in [4.78, 5) is 4.30. The van der Waals surface area contributed by atoms with Gasteiger partial charge in [-0.3, -0.25) is 0 Å². The van der Waals surface area contributed by atoms with E-state index < -0.39 is 0 Å². The molecule has 2 heterocycles. The topological polar surface area (TPSA) is 17.3 Å². The minimum atomic E-state index is 0.741. The predicted octanol–water partition coefficient (Wildman–Crippen LogP) is 2.60. The Kier molecular flexibility index (Phi) is 1.58. The van der Waals surface area contributed by atoms with Gasteiger partial charge in [0, 0.05) is 12.4 Å². The lowest BCUT2D eigenvalue weighted by Gasteiger charge is -1.98. The van der Waals surface area contributed by atoms with Crippen LogP contribution in [0.2, 0.25) is 5.02 Å². The first-order valence-electron chi connectivity index (χ1n) is 3.79. The van der Waals surface area contributed by atoms with Crippen LogP contribution in [0.5, 0.6) is 0 Å². The van der Waals surface area contributed by atoms with Crippen molar-refractivity contribution in [2.24, 2.45) is 0 Å². The molecule has 0 N–H and O–H groups in total. The minimum absolute atomic E-state index is 0.741. The van der Waals surface area contributed by atoms with Gasteiger partial charge in [-0.25, -0.2) is 4.98 Å². The standard InChI is InChI=1S/C9H9ClN2/c1-6-3-4-12-5-7(2)11-9(12)8(6)10/h3-5H,1-2H3. The third-order valence-corrected chi connectivity index (χ3v) is 2.35. The molecule has 12 heavy (non-hydrogen) atoms. The molecule has 0 aromatic carbocycles. The fourth-order valence-corrected chi connectivity index (χ4v) is 1.44. The maximum Gasteiger partial charge on any atom is 0.156 e. The Morgan fingerprint density at radius 1 is 1.42 bits per heavy atom. The van der Waals surface area contributed by atoms with Gasteiger partial charge < -0.3 is 4.40 Å². The van der Waals surface area contributed by atoms with E-state index in [1.807, 2.05) is 36.7 Å². The molecule has 0 spiro atoms. The number of fused-ring (bicyclic) bond motifs is 1. The average Bonchev–Trinajstić information content (AvgIpc) is 2.39. The summed E-state index contributed by atoms with van der Waals surface area (Å²) >= 11 is 6.06. The summed E-state index contributed by atoms with van der Waals surface area (Å²) in [6, 6.07) is 1.98. The summed E-state index contributed by atoms with van der Waals surface area (Å²) in [6.45, 7) is 3.94. The van der Waals surface area contributed by atoms with E-state index in [1.54, 1.807) is 0 Å². The van der Waals surface area contributed by atoms with Crippen molar-refractivity contribution in [3.8, 4) is 0 Å². The van der Waals surface area contributed by atoms with E-state index in [4.69, 9.17) is 11.6 Å². The van der Waals surface area contributed by atoms with Gasteiger partial charge in [-0.2, -0.15) is 0 Å². The summed E-state index contributed by atoms with van der Waals surface area (Å²) in [5, 5.41) is 0.741. The number of hydrogen-bond acceptors (Lipinski definition) is 1. The molecule has 2 rings (SSSR count). The summed E-state index contributed by atoms with van der Waals surface area (Å²) in [7, 11) is 0. The number of hydrogen-bond donors (Lipinski definition) is 0. The number of halogens is 1. The molecule has 0 saturated carbocycles. The molecule has 0 amide bonds. The zero-order valence-corrected chi connectivity index (χ0v) is 7.76. The van der Waals surface area contributed by atoms with Gasteiger partial charge in [-0.1, -0.05) is 11.6 Å². The Morgan fingerprint density at radius 3 is 2.92 bits per heavy atom. The molecule has 0 radical (unpaired) electrons. The van der Waals surface area contributed by atoms with E-state index in [0.29, 0.717) is 0 Å². The number of imidazole rings is 1. The Balaban J connectivity index is 2.89. The highest BCUT2D eigenvalue weighted by molar-refractivity contribution is 6.34. The van der Waals surface area contributed by atoms with Crippen LogP contribution in [0.15, 0.2) is 18.5 Å². The van der Waals surface area contributed by atoms with E-state index in [9.17, 15) is 0 Å². The number of rotatable bonds is 0. The van der Waals surface area contributed by atoms with Crippen LogP contribution in [0.1, 0.15) is 11.3 Å².